The molecule has 0 aliphatic carbocycles. The minimum Gasteiger partial charge on any atom is -0.396 e. The summed E-state index contributed by atoms with van der Waals surface area (Å²) in [5, 5.41) is 8.64. The van der Waals surface area contributed by atoms with Crippen LogP contribution < -0.4 is 0 Å². The predicted octanol–water partition coefficient (Wildman–Crippen LogP) is 2.83. The predicted molar refractivity (Wildman–Crippen MR) is 49.6 cm³/mol. The van der Waals surface area contributed by atoms with Crippen molar-refractivity contribution in [2.75, 3.05) is 6.61 Å². The minimum atomic E-state index is 0.352. The second-order valence-corrected chi connectivity index (χ2v) is 3.42. The van der Waals surface area contributed by atoms with Gasteiger partial charge in [-0.25, -0.2) is 0 Å². The Morgan fingerprint density at radius 2 is 1.73 bits per heavy atom. The van der Waals surface area contributed by atoms with E-state index >= 15 is 0 Å². The van der Waals surface area contributed by atoms with Crippen LogP contribution in [0, 0.1) is 11.8 Å². The summed E-state index contributed by atoms with van der Waals surface area (Å²) in [5.74, 6) is 1.65. The number of aliphatic hydroxyl groups excluding tert-OH is 1. The van der Waals surface area contributed by atoms with Gasteiger partial charge in [0.05, 0.1) is 0 Å². The van der Waals surface area contributed by atoms with Crippen LogP contribution in [-0.2, 0) is 0 Å². The van der Waals surface area contributed by atoms with Crippen molar-refractivity contribution in [3.63, 3.8) is 0 Å². The van der Waals surface area contributed by atoms with Crippen molar-refractivity contribution in [2.24, 2.45) is 11.8 Å². The molecule has 0 heterocycles. The van der Waals surface area contributed by atoms with E-state index in [-0.39, 0.29) is 0 Å². The first-order valence-electron chi connectivity index (χ1n) is 4.87. The molecule has 68 valence electrons. The maximum Gasteiger partial charge on any atom is 0.0431 e. The SMILES string of the molecule is CCC(CC)C(C)CCCO. The molecular formula is C10H22O. The molecule has 0 aliphatic heterocycles. The molecule has 1 N–H and O–H groups in total. The van der Waals surface area contributed by atoms with Gasteiger partial charge >= 0.3 is 0 Å². The van der Waals surface area contributed by atoms with Crippen molar-refractivity contribution in [3.05, 3.63) is 0 Å². The Morgan fingerprint density at radius 3 is 2.09 bits per heavy atom. The molecule has 0 fully saturated rings. The average Bonchev–Trinajstić information content (AvgIpc) is 2.03. The highest BCUT2D eigenvalue weighted by Crippen LogP contribution is 2.22. The van der Waals surface area contributed by atoms with E-state index in [1.54, 1.807) is 0 Å². The standard InChI is InChI=1S/C10H22O/c1-4-10(5-2)9(3)7-6-8-11/h9-11H,4-8H2,1-3H3. The molecule has 0 saturated heterocycles. The fraction of sp³-hybridized carbons (Fsp3) is 1.00. The molecular weight excluding hydrogens is 136 g/mol. The van der Waals surface area contributed by atoms with Gasteiger partial charge in [0.2, 0.25) is 0 Å². The lowest BCUT2D eigenvalue weighted by Crippen LogP contribution is -2.10. The first kappa shape index (κ1) is 11.0. The number of hydrogen-bond acceptors (Lipinski definition) is 1. The molecule has 11 heavy (non-hydrogen) atoms. The van der Waals surface area contributed by atoms with Gasteiger partial charge in [-0.1, -0.05) is 33.6 Å². The van der Waals surface area contributed by atoms with Crippen LogP contribution in [0.25, 0.3) is 0 Å². The van der Waals surface area contributed by atoms with Crippen LogP contribution in [0.1, 0.15) is 46.5 Å². The summed E-state index contributed by atoms with van der Waals surface area (Å²) in [4.78, 5) is 0. The van der Waals surface area contributed by atoms with E-state index in [1.807, 2.05) is 0 Å². The first-order valence-corrected chi connectivity index (χ1v) is 4.87. The lowest BCUT2D eigenvalue weighted by atomic mass is 9.86. The van der Waals surface area contributed by atoms with Crippen LogP contribution in [0.2, 0.25) is 0 Å². The summed E-state index contributed by atoms with van der Waals surface area (Å²) < 4.78 is 0. The summed E-state index contributed by atoms with van der Waals surface area (Å²) in [5.41, 5.74) is 0. The van der Waals surface area contributed by atoms with E-state index in [1.165, 1.54) is 19.3 Å². The van der Waals surface area contributed by atoms with E-state index in [2.05, 4.69) is 20.8 Å². The fourth-order valence-corrected chi connectivity index (χ4v) is 1.74. The Balaban J connectivity index is 3.51. The Morgan fingerprint density at radius 1 is 1.18 bits per heavy atom. The van der Waals surface area contributed by atoms with Gasteiger partial charge in [0.25, 0.3) is 0 Å². The number of hydrogen-bond donors (Lipinski definition) is 1. The van der Waals surface area contributed by atoms with Gasteiger partial charge < -0.3 is 5.11 Å². The van der Waals surface area contributed by atoms with Gasteiger partial charge in [-0.15, -0.1) is 0 Å². The first-order chi connectivity index (χ1) is 5.26. The largest absolute Gasteiger partial charge is 0.396 e. The summed E-state index contributed by atoms with van der Waals surface area (Å²) >= 11 is 0. The highest BCUT2D eigenvalue weighted by atomic mass is 16.2. The van der Waals surface area contributed by atoms with Gasteiger partial charge in [-0.05, 0) is 24.7 Å². The normalized spacial score (nSPS) is 13.9. The number of aliphatic hydroxyl groups is 1. The molecule has 0 aromatic rings. The lowest BCUT2D eigenvalue weighted by molar-refractivity contribution is 0.247. The molecule has 0 amide bonds. The van der Waals surface area contributed by atoms with E-state index in [4.69, 9.17) is 5.11 Å². The van der Waals surface area contributed by atoms with Crippen molar-refractivity contribution in [1.82, 2.24) is 0 Å². The molecule has 1 unspecified atom stereocenters. The van der Waals surface area contributed by atoms with Crippen molar-refractivity contribution in [2.45, 2.75) is 46.5 Å². The molecule has 1 heteroatoms. The second kappa shape index (κ2) is 6.66. The third-order valence-electron chi connectivity index (χ3n) is 2.67. The molecule has 1 nitrogen and oxygen atoms in total. The molecule has 0 saturated carbocycles. The minimum absolute atomic E-state index is 0.352. The molecule has 0 aliphatic rings. The monoisotopic (exact) mass is 158 g/mol. The lowest BCUT2D eigenvalue weighted by Gasteiger charge is -2.20. The van der Waals surface area contributed by atoms with Gasteiger partial charge in [-0.3, -0.25) is 0 Å². The third kappa shape index (κ3) is 4.41. The Labute approximate surface area is 70.8 Å². The van der Waals surface area contributed by atoms with Gasteiger partial charge in [0.1, 0.15) is 0 Å². The fourth-order valence-electron chi connectivity index (χ4n) is 1.74. The molecule has 0 bridgehead atoms. The number of rotatable bonds is 6. The van der Waals surface area contributed by atoms with E-state index in [0.717, 1.165) is 18.3 Å². The Kier molecular flexibility index (Phi) is 6.63. The molecule has 0 radical (unpaired) electrons. The van der Waals surface area contributed by atoms with Gasteiger partial charge in [-0.2, -0.15) is 0 Å². The molecule has 0 rings (SSSR count). The molecule has 0 aromatic carbocycles. The zero-order chi connectivity index (χ0) is 8.69. The second-order valence-electron chi connectivity index (χ2n) is 3.42. The van der Waals surface area contributed by atoms with E-state index in [0.29, 0.717) is 6.61 Å². The van der Waals surface area contributed by atoms with Crippen LogP contribution in [0.4, 0.5) is 0 Å². The van der Waals surface area contributed by atoms with Crippen LogP contribution in [0.15, 0.2) is 0 Å². The van der Waals surface area contributed by atoms with Crippen LogP contribution >= 0.6 is 0 Å². The summed E-state index contributed by atoms with van der Waals surface area (Å²) in [7, 11) is 0. The summed E-state index contributed by atoms with van der Waals surface area (Å²) in [6, 6.07) is 0. The highest BCUT2D eigenvalue weighted by molar-refractivity contribution is 4.63. The summed E-state index contributed by atoms with van der Waals surface area (Å²) in [6.45, 7) is 7.16. The van der Waals surface area contributed by atoms with Crippen LogP contribution in [0.3, 0.4) is 0 Å². The molecule has 1 atom stereocenters. The van der Waals surface area contributed by atoms with Crippen molar-refractivity contribution < 1.29 is 5.11 Å². The van der Waals surface area contributed by atoms with Crippen molar-refractivity contribution in [1.29, 1.82) is 0 Å². The zero-order valence-corrected chi connectivity index (χ0v) is 8.14. The van der Waals surface area contributed by atoms with E-state index in [9.17, 15) is 0 Å². The Bertz CT molecular complexity index is 76.9. The van der Waals surface area contributed by atoms with Gasteiger partial charge in [0, 0.05) is 6.61 Å². The van der Waals surface area contributed by atoms with E-state index < -0.39 is 0 Å². The zero-order valence-electron chi connectivity index (χ0n) is 8.14. The molecule has 0 aromatic heterocycles. The Hall–Kier alpha value is -0.0400. The quantitative estimate of drug-likeness (QED) is 0.630. The van der Waals surface area contributed by atoms with Crippen molar-refractivity contribution >= 4 is 0 Å². The summed E-state index contributed by atoms with van der Waals surface area (Å²) in [6.07, 6.45) is 4.71. The van der Waals surface area contributed by atoms with Crippen LogP contribution in [-0.4, -0.2) is 11.7 Å². The molecule has 0 spiro atoms. The smallest absolute Gasteiger partial charge is 0.0431 e. The maximum absolute atomic E-state index is 8.64. The van der Waals surface area contributed by atoms with Crippen molar-refractivity contribution in [3.8, 4) is 0 Å². The average molecular weight is 158 g/mol. The van der Waals surface area contributed by atoms with Crippen LogP contribution in [0.5, 0.6) is 0 Å². The maximum atomic E-state index is 8.64. The highest BCUT2D eigenvalue weighted by Gasteiger charge is 2.11. The van der Waals surface area contributed by atoms with Gasteiger partial charge in [0.15, 0.2) is 0 Å². The third-order valence-corrected chi connectivity index (χ3v) is 2.67. The topological polar surface area (TPSA) is 20.2 Å².